The minimum Gasteiger partial charge on any atom is -0.411 e. The summed E-state index contributed by atoms with van der Waals surface area (Å²) in [5, 5.41) is 13.1. The molecule has 0 saturated heterocycles. The molecule has 1 aromatic carbocycles. The third-order valence-corrected chi connectivity index (χ3v) is 2.61. The van der Waals surface area contributed by atoms with Gasteiger partial charge in [0.2, 0.25) is 5.91 Å². The highest BCUT2D eigenvalue weighted by Gasteiger charge is 2.42. The number of halogens is 3. The molecular formula is C13H15F3N2O2. The van der Waals surface area contributed by atoms with E-state index in [1.165, 1.54) is 38.1 Å². The fourth-order valence-corrected chi connectivity index (χ4v) is 1.50. The summed E-state index contributed by atoms with van der Waals surface area (Å²) in [4.78, 5) is 11.5. The summed E-state index contributed by atoms with van der Waals surface area (Å²) >= 11 is 0. The van der Waals surface area contributed by atoms with Gasteiger partial charge in [-0.15, -0.1) is 0 Å². The van der Waals surface area contributed by atoms with Crippen LogP contribution in [0.1, 0.15) is 31.0 Å². The summed E-state index contributed by atoms with van der Waals surface area (Å²) in [6.07, 6.45) is -3.49. The molecule has 0 aliphatic carbocycles. The van der Waals surface area contributed by atoms with Crippen molar-refractivity contribution in [3.8, 4) is 0 Å². The lowest BCUT2D eigenvalue weighted by molar-refractivity contribution is -0.164. The largest absolute Gasteiger partial charge is 0.412 e. The molecule has 0 aliphatic rings. The van der Waals surface area contributed by atoms with Gasteiger partial charge in [-0.3, -0.25) is 4.79 Å². The van der Waals surface area contributed by atoms with E-state index in [4.69, 9.17) is 5.21 Å². The zero-order valence-corrected chi connectivity index (χ0v) is 11.0. The van der Waals surface area contributed by atoms with Gasteiger partial charge in [0, 0.05) is 5.92 Å². The van der Waals surface area contributed by atoms with Crippen LogP contribution < -0.4 is 5.32 Å². The van der Waals surface area contributed by atoms with Crippen molar-refractivity contribution in [1.82, 2.24) is 5.32 Å². The topological polar surface area (TPSA) is 61.7 Å². The highest BCUT2D eigenvalue weighted by Crippen LogP contribution is 2.32. The molecule has 0 aliphatic heterocycles. The number of carbonyl (C=O) groups excluding carboxylic acids is 1. The lowest BCUT2D eigenvalue weighted by atomic mass is 10.0. The second-order valence-electron chi connectivity index (χ2n) is 4.55. The quantitative estimate of drug-likeness (QED) is 0.508. The number of hydrogen-bond acceptors (Lipinski definition) is 3. The minimum atomic E-state index is -4.59. The standard InChI is InChI=1S/C13H15F3N2O2/c1-8(2)12(19)18-11(13(14,15)16)10-5-3-9(4-6-10)7-17-20/h3-8,11,20H,1-2H3,(H,18,19)/b17-7-. The molecule has 1 amide bonds. The number of benzene rings is 1. The molecule has 110 valence electrons. The molecule has 2 N–H and O–H groups in total. The Morgan fingerprint density at radius 2 is 1.85 bits per heavy atom. The molecule has 7 heteroatoms. The van der Waals surface area contributed by atoms with Crippen molar-refractivity contribution in [3.63, 3.8) is 0 Å². The van der Waals surface area contributed by atoms with E-state index in [-0.39, 0.29) is 5.56 Å². The summed E-state index contributed by atoms with van der Waals surface area (Å²) in [6, 6.07) is 3.15. The van der Waals surface area contributed by atoms with Gasteiger partial charge in [0.15, 0.2) is 6.04 Å². The van der Waals surface area contributed by atoms with Crippen LogP contribution in [0.5, 0.6) is 0 Å². The first-order valence-corrected chi connectivity index (χ1v) is 5.90. The number of carbonyl (C=O) groups is 1. The molecular weight excluding hydrogens is 273 g/mol. The molecule has 0 aromatic heterocycles. The molecule has 1 atom stereocenters. The van der Waals surface area contributed by atoms with Crippen LogP contribution in [-0.4, -0.2) is 23.5 Å². The van der Waals surface area contributed by atoms with Gasteiger partial charge in [0.1, 0.15) is 0 Å². The smallest absolute Gasteiger partial charge is 0.411 e. The first-order chi connectivity index (χ1) is 9.25. The molecule has 0 radical (unpaired) electrons. The maximum absolute atomic E-state index is 13.0. The zero-order valence-electron chi connectivity index (χ0n) is 11.0. The van der Waals surface area contributed by atoms with Crippen molar-refractivity contribution in [2.45, 2.75) is 26.1 Å². The van der Waals surface area contributed by atoms with Crippen molar-refractivity contribution in [3.05, 3.63) is 35.4 Å². The van der Waals surface area contributed by atoms with Crippen LogP contribution in [0.25, 0.3) is 0 Å². The van der Waals surface area contributed by atoms with Crippen molar-refractivity contribution >= 4 is 12.1 Å². The Kier molecular flexibility index (Phi) is 5.12. The van der Waals surface area contributed by atoms with E-state index < -0.39 is 24.0 Å². The van der Waals surface area contributed by atoms with Gasteiger partial charge in [-0.05, 0) is 11.1 Å². The molecule has 0 spiro atoms. The predicted octanol–water partition coefficient (Wildman–Crippen LogP) is 2.87. The number of amides is 1. The van der Waals surface area contributed by atoms with E-state index in [0.29, 0.717) is 5.56 Å². The van der Waals surface area contributed by atoms with E-state index in [0.717, 1.165) is 6.21 Å². The van der Waals surface area contributed by atoms with Crippen LogP contribution in [0.3, 0.4) is 0 Å². The molecule has 0 heterocycles. The van der Waals surface area contributed by atoms with Crippen LogP contribution in [0.2, 0.25) is 0 Å². The van der Waals surface area contributed by atoms with Crippen molar-refractivity contribution < 1.29 is 23.2 Å². The fourth-order valence-electron chi connectivity index (χ4n) is 1.50. The third kappa shape index (κ3) is 4.25. The lowest BCUT2D eigenvalue weighted by Gasteiger charge is -2.23. The van der Waals surface area contributed by atoms with Gasteiger partial charge in [0.05, 0.1) is 6.21 Å². The van der Waals surface area contributed by atoms with E-state index >= 15 is 0 Å². The van der Waals surface area contributed by atoms with Gasteiger partial charge in [0.25, 0.3) is 0 Å². The van der Waals surface area contributed by atoms with Crippen LogP contribution in [0, 0.1) is 5.92 Å². The summed E-state index contributed by atoms with van der Waals surface area (Å²) in [5.41, 5.74) is 0.369. The molecule has 0 fully saturated rings. The second-order valence-corrected chi connectivity index (χ2v) is 4.55. The summed E-state index contributed by atoms with van der Waals surface area (Å²) in [5.74, 6) is -1.21. The number of rotatable bonds is 4. The summed E-state index contributed by atoms with van der Waals surface area (Å²) in [6.45, 7) is 3.03. The van der Waals surface area contributed by atoms with Gasteiger partial charge < -0.3 is 10.5 Å². The predicted molar refractivity (Wildman–Crippen MR) is 67.6 cm³/mol. The van der Waals surface area contributed by atoms with Crippen molar-refractivity contribution in [2.75, 3.05) is 0 Å². The van der Waals surface area contributed by atoms with Crippen LogP contribution in [0.4, 0.5) is 13.2 Å². The Hall–Kier alpha value is -2.05. The monoisotopic (exact) mass is 288 g/mol. The molecule has 0 saturated carbocycles. The molecule has 4 nitrogen and oxygen atoms in total. The molecule has 1 aromatic rings. The first-order valence-electron chi connectivity index (χ1n) is 5.90. The van der Waals surface area contributed by atoms with Gasteiger partial charge in [-0.25, -0.2) is 0 Å². The SMILES string of the molecule is CC(C)C(=O)NC(c1ccc(/C=N\O)cc1)C(F)(F)F. The highest BCUT2D eigenvalue weighted by atomic mass is 19.4. The van der Waals surface area contributed by atoms with E-state index in [1.807, 2.05) is 5.32 Å². The lowest BCUT2D eigenvalue weighted by Crippen LogP contribution is -2.40. The Morgan fingerprint density at radius 3 is 2.25 bits per heavy atom. The number of nitrogens with zero attached hydrogens (tertiary/aromatic N) is 1. The summed E-state index contributed by atoms with van der Waals surface area (Å²) in [7, 11) is 0. The van der Waals surface area contributed by atoms with Gasteiger partial charge >= 0.3 is 6.18 Å². The molecule has 1 rings (SSSR count). The third-order valence-electron chi connectivity index (χ3n) is 2.61. The first kappa shape index (κ1) is 16.0. The van der Waals surface area contributed by atoms with Crippen molar-refractivity contribution in [2.24, 2.45) is 11.1 Å². The second kappa shape index (κ2) is 6.40. The maximum Gasteiger partial charge on any atom is 0.412 e. The highest BCUT2D eigenvalue weighted by molar-refractivity contribution is 5.79. The number of alkyl halides is 3. The molecule has 0 bridgehead atoms. The normalized spacial score (nSPS) is 13.7. The number of nitrogens with one attached hydrogen (secondary N) is 1. The molecule has 20 heavy (non-hydrogen) atoms. The minimum absolute atomic E-state index is 0.0819. The van der Waals surface area contributed by atoms with E-state index in [9.17, 15) is 18.0 Å². The van der Waals surface area contributed by atoms with Crippen molar-refractivity contribution in [1.29, 1.82) is 0 Å². The number of oxime groups is 1. The fraction of sp³-hybridized carbons (Fsp3) is 0.385. The maximum atomic E-state index is 13.0. The molecule has 1 unspecified atom stereocenters. The average Bonchev–Trinajstić information content (AvgIpc) is 2.35. The Balaban J connectivity index is 3.02. The van der Waals surface area contributed by atoms with Crippen LogP contribution in [0.15, 0.2) is 29.4 Å². The van der Waals surface area contributed by atoms with Gasteiger partial charge in [-0.2, -0.15) is 13.2 Å². The summed E-state index contributed by atoms with van der Waals surface area (Å²) < 4.78 is 39.0. The van der Waals surface area contributed by atoms with Crippen LogP contribution in [-0.2, 0) is 4.79 Å². The Labute approximate surface area is 114 Å². The van der Waals surface area contributed by atoms with E-state index in [2.05, 4.69) is 5.16 Å². The van der Waals surface area contributed by atoms with Crippen LogP contribution >= 0.6 is 0 Å². The average molecular weight is 288 g/mol. The zero-order chi connectivity index (χ0) is 15.3. The van der Waals surface area contributed by atoms with Gasteiger partial charge in [-0.1, -0.05) is 43.3 Å². The van der Waals surface area contributed by atoms with E-state index in [1.54, 1.807) is 0 Å². The Morgan fingerprint density at radius 1 is 1.30 bits per heavy atom. The Bertz CT molecular complexity index is 481. The number of hydrogen-bond donors (Lipinski definition) is 2.